The topological polar surface area (TPSA) is 85.8 Å². The third-order valence-electron chi connectivity index (χ3n) is 5.46. The Hall–Kier alpha value is -4.33. The van der Waals surface area contributed by atoms with Gasteiger partial charge >= 0.3 is 0 Å². The van der Waals surface area contributed by atoms with E-state index < -0.39 is 0 Å². The molecule has 0 saturated heterocycles. The molecule has 0 bridgehead atoms. The van der Waals surface area contributed by atoms with Gasteiger partial charge in [-0.25, -0.2) is 14.4 Å². The van der Waals surface area contributed by atoms with Crippen molar-refractivity contribution in [2.45, 2.75) is 19.9 Å². The van der Waals surface area contributed by atoms with Gasteiger partial charge in [-0.05, 0) is 36.8 Å². The number of fused-ring (bicyclic) bond motifs is 1. The van der Waals surface area contributed by atoms with E-state index in [2.05, 4.69) is 15.3 Å². The average Bonchev–Trinajstić information content (AvgIpc) is 3.47. The first kappa shape index (κ1) is 21.5. The lowest BCUT2D eigenvalue weighted by Gasteiger charge is -2.03. The summed E-state index contributed by atoms with van der Waals surface area (Å²) in [4.78, 5) is 20.0. The molecule has 1 amide bonds. The minimum Gasteiger partial charge on any atom is -0.438 e. The van der Waals surface area contributed by atoms with Crippen LogP contribution in [0.3, 0.4) is 0 Å². The number of furan rings is 1. The van der Waals surface area contributed by atoms with Crippen LogP contribution in [0, 0.1) is 5.82 Å². The fraction of sp³-hybridized carbons (Fsp3) is 0.154. The van der Waals surface area contributed by atoms with Gasteiger partial charge in [0.25, 0.3) is 0 Å². The number of hydrogen-bond donors (Lipinski definition) is 1. The molecule has 7 nitrogen and oxygen atoms in total. The standard InChI is InChI=1S/C26H22FN5O2/c1-17(33)28-12-5-13-32-15-22(24(31-32)19-8-10-20(27)11-9-19)25-21-14-23(18-6-3-2-4-7-18)34-26(21)30-16-29-25/h2-4,6-11,14-16H,5,12-13H2,1H3,(H,28,33). The number of hydrogen-bond acceptors (Lipinski definition) is 5. The molecule has 5 aromatic rings. The molecule has 0 spiro atoms. The van der Waals surface area contributed by atoms with Crippen molar-refractivity contribution in [2.24, 2.45) is 0 Å². The summed E-state index contributed by atoms with van der Waals surface area (Å²) in [5.41, 5.74) is 4.35. The van der Waals surface area contributed by atoms with Crippen LogP contribution < -0.4 is 5.32 Å². The lowest BCUT2D eigenvalue weighted by molar-refractivity contribution is -0.118. The fourth-order valence-electron chi connectivity index (χ4n) is 3.85. The van der Waals surface area contributed by atoms with E-state index in [1.165, 1.54) is 25.4 Å². The van der Waals surface area contributed by atoms with Crippen LogP contribution >= 0.6 is 0 Å². The van der Waals surface area contributed by atoms with E-state index in [4.69, 9.17) is 9.52 Å². The highest BCUT2D eigenvalue weighted by atomic mass is 19.1. The zero-order valence-corrected chi connectivity index (χ0v) is 18.5. The monoisotopic (exact) mass is 455 g/mol. The van der Waals surface area contributed by atoms with Gasteiger partial charge in [-0.15, -0.1) is 0 Å². The summed E-state index contributed by atoms with van der Waals surface area (Å²) >= 11 is 0. The van der Waals surface area contributed by atoms with Crippen LogP contribution in [-0.2, 0) is 11.3 Å². The predicted octanol–water partition coefficient (Wildman–Crippen LogP) is 5.09. The van der Waals surface area contributed by atoms with E-state index in [0.29, 0.717) is 42.4 Å². The number of aryl methyl sites for hydroxylation is 1. The van der Waals surface area contributed by atoms with Gasteiger partial charge in [0.15, 0.2) is 0 Å². The first-order chi connectivity index (χ1) is 16.6. The van der Waals surface area contributed by atoms with Crippen molar-refractivity contribution >= 4 is 17.0 Å². The number of nitrogens with zero attached hydrogens (tertiary/aromatic N) is 4. The molecular formula is C26H22FN5O2. The molecule has 8 heteroatoms. The van der Waals surface area contributed by atoms with Crippen molar-refractivity contribution < 1.29 is 13.6 Å². The molecule has 0 atom stereocenters. The van der Waals surface area contributed by atoms with Crippen LogP contribution in [0.15, 0.2) is 77.6 Å². The van der Waals surface area contributed by atoms with E-state index in [1.807, 2.05) is 47.3 Å². The number of aromatic nitrogens is 4. The van der Waals surface area contributed by atoms with Crippen LogP contribution in [0.1, 0.15) is 13.3 Å². The molecule has 0 unspecified atom stereocenters. The number of nitrogens with one attached hydrogen (secondary N) is 1. The first-order valence-corrected chi connectivity index (χ1v) is 11.0. The Balaban J connectivity index is 1.58. The Morgan fingerprint density at radius 3 is 2.59 bits per heavy atom. The molecule has 0 aliphatic heterocycles. The normalized spacial score (nSPS) is 11.1. The quantitative estimate of drug-likeness (QED) is 0.346. The summed E-state index contributed by atoms with van der Waals surface area (Å²) in [5.74, 6) is 0.320. The minimum atomic E-state index is -0.313. The second kappa shape index (κ2) is 9.27. The van der Waals surface area contributed by atoms with Crippen LogP contribution in [0.2, 0.25) is 0 Å². The Labute approximate surface area is 195 Å². The van der Waals surface area contributed by atoms with E-state index in [9.17, 15) is 9.18 Å². The Bertz CT molecular complexity index is 1440. The predicted molar refractivity (Wildman–Crippen MR) is 127 cm³/mol. The lowest BCUT2D eigenvalue weighted by atomic mass is 10.0. The van der Waals surface area contributed by atoms with E-state index >= 15 is 0 Å². The van der Waals surface area contributed by atoms with Crippen molar-refractivity contribution in [3.8, 4) is 33.8 Å². The van der Waals surface area contributed by atoms with Crippen molar-refractivity contribution in [1.29, 1.82) is 0 Å². The van der Waals surface area contributed by atoms with Gasteiger partial charge in [0.2, 0.25) is 11.6 Å². The average molecular weight is 455 g/mol. The molecule has 5 rings (SSSR count). The Morgan fingerprint density at radius 2 is 1.82 bits per heavy atom. The molecule has 170 valence electrons. The summed E-state index contributed by atoms with van der Waals surface area (Å²) in [6, 6.07) is 18.0. The summed E-state index contributed by atoms with van der Waals surface area (Å²) in [6.07, 6.45) is 4.11. The minimum absolute atomic E-state index is 0.0642. The SMILES string of the molecule is CC(=O)NCCCn1cc(-c2ncnc3oc(-c4ccccc4)cc23)c(-c2ccc(F)cc2)n1. The van der Waals surface area contributed by atoms with Crippen LogP contribution in [0.4, 0.5) is 4.39 Å². The van der Waals surface area contributed by atoms with Crippen molar-refractivity contribution in [3.63, 3.8) is 0 Å². The third-order valence-corrected chi connectivity index (χ3v) is 5.46. The maximum absolute atomic E-state index is 13.6. The maximum atomic E-state index is 13.6. The summed E-state index contributed by atoms with van der Waals surface area (Å²) in [7, 11) is 0. The smallest absolute Gasteiger partial charge is 0.230 e. The van der Waals surface area contributed by atoms with Gasteiger partial charge in [-0.3, -0.25) is 9.48 Å². The molecule has 1 N–H and O–H groups in total. The molecule has 0 aliphatic carbocycles. The summed E-state index contributed by atoms with van der Waals surface area (Å²) in [5, 5.41) is 8.33. The zero-order valence-electron chi connectivity index (χ0n) is 18.5. The summed E-state index contributed by atoms with van der Waals surface area (Å²) in [6.45, 7) is 2.65. The van der Waals surface area contributed by atoms with Gasteiger partial charge in [-0.2, -0.15) is 5.10 Å². The van der Waals surface area contributed by atoms with Gasteiger partial charge in [0, 0.05) is 42.9 Å². The van der Waals surface area contributed by atoms with E-state index in [0.717, 1.165) is 22.1 Å². The largest absolute Gasteiger partial charge is 0.438 e. The molecule has 3 heterocycles. The number of benzene rings is 2. The van der Waals surface area contributed by atoms with Crippen molar-refractivity contribution in [3.05, 3.63) is 79.0 Å². The molecular weight excluding hydrogens is 433 g/mol. The summed E-state index contributed by atoms with van der Waals surface area (Å²) < 4.78 is 21.4. The van der Waals surface area contributed by atoms with E-state index in [1.54, 1.807) is 12.1 Å². The second-order valence-electron chi connectivity index (χ2n) is 7.92. The van der Waals surface area contributed by atoms with Crippen LogP contribution in [0.25, 0.3) is 44.9 Å². The number of amides is 1. The van der Waals surface area contributed by atoms with Gasteiger partial charge in [-0.1, -0.05) is 30.3 Å². The highest BCUT2D eigenvalue weighted by molar-refractivity contribution is 5.95. The molecule has 34 heavy (non-hydrogen) atoms. The van der Waals surface area contributed by atoms with Gasteiger partial charge < -0.3 is 9.73 Å². The van der Waals surface area contributed by atoms with Crippen LogP contribution in [-0.4, -0.2) is 32.2 Å². The fourth-order valence-corrected chi connectivity index (χ4v) is 3.85. The maximum Gasteiger partial charge on any atom is 0.230 e. The Morgan fingerprint density at radius 1 is 1.03 bits per heavy atom. The number of halogens is 1. The van der Waals surface area contributed by atoms with Crippen molar-refractivity contribution in [1.82, 2.24) is 25.1 Å². The van der Waals surface area contributed by atoms with E-state index in [-0.39, 0.29) is 11.7 Å². The molecule has 0 saturated carbocycles. The zero-order chi connectivity index (χ0) is 23.5. The molecule has 0 fully saturated rings. The number of carbonyl (C=O) groups is 1. The van der Waals surface area contributed by atoms with Gasteiger partial charge in [0.1, 0.15) is 23.6 Å². The lowest BCUT2D eigenvalue weighted by Crippen LogP contribution is -2.22. The highest BCUT2D eigenvalue weighted by Gasteiger charge is 2.19. The molecule has 0 aliphatic rings. The third kappa shape index (κ3) is 4.43. The highest BCUT2D eigenvalue weighted by Crippen LogP contribution is 2.36. The number of rotatable bonds is 7. The van der Waals surface area contributed by atoms with Crippen LogP contribution in [0.5, 0.6) is 0 Å². The van der Waals surface area contributed by atoms with Crippen molar-refractivity contribution in [2.75, 3.05) is 6.54 Å². The molecule has 2 aromatic carbocycles. The molecule has 3 aromatic heterocycles. The second-order valence-corrected chi connectivity index (χ2v) is 7.92. The van der Waals surface area contributed by atoms with Gasteiger partial charge in [0.05, 0.1) is 11.1 Å². The Kier molecular flexibility index (Phi) is 5.86. The number of carbonyl (C=O) groups excluding carboxylic acids is 1. The molecule has 0 radical (unpaired) electrons. The first-order valence-electron chi connectivity index (χ1n) is 11.0.